The van der Waals surface area contributed by atoms with Crippen LogP contribution in [-0.2, 0) is 8.52 Å². The fraction of sp³-hybridized carbons (Fsp3) is 0.0714. The molecule has 1 heterocycles. The Balaban J connectivity index is 2.05. The van der Waals surface area contributed by atoms with E-state index in [9.17, 15) is 18.0 Å². The van der Waals surface area contributed by atoms with Gasteiger partial charge < -0.3 is 0 Å². The van der Waals surface area contributed by atoms with Crippen LogP contribution in [0.2, 0.25) is 0 Å². The third-order valence-electron chi connectivity index (χ3n) is 2.79. The number of carbonyl (C=O) groups is 1. The molecular weight excluding hydrogens is 348 g/mol. The first kappa shape index (κ1) is 14.0. The SMILES string of the molecule is O=C(O[As]1c2ccccc2Oc2ccccc21)C(F)(F)F. The quantitative estimate of drug-likeness (QED) is 0.734. The molecule has 0 bridgehead atoms. The van der Waals surface area contributed by atoms with Crippen LogP contribution < -0.4 is 13.4 Å². The Morgan fingerprint density at radius 1 is 0.952 bits per heavy atom. The molecule has 0 spiro atoms. The first-order valence-corrected chi connectivity index (χ1v) is 8.56. The van der Waals surface area contributed by atoms with Crippen LogP contribution in [0.1, 0.15) is 0 Å². The molecule has 1 aliphatic heterocycles. The summed E-state index contributed by atoms with van der Waals surface area (Å²) in [6, 6.07) is 13.3. The zero-order valence-corrected chi connectivity index (χ0v) is 12.3. The number of hydrogen-bond donors (Lipinski definition) is 0. The Bertz CT molecular complexity index is 654. The molecule has 1 aliphatic rings. The van der Waals surface area contributed by atoms with E-state index < -0.39 is 27.1 Å². The number of rotatable bonds is 1. The van der Waals surface area contributed by atoms with E-state index in [0.717, 1.165) is 0 Å². The second-order valence-corrected chi connectivity index (χ2v) is 7.85. The molecule has 0 unspecified atom stereocenters. The Kier molecular flexibility index (Phi) is 3.41. The Morgan fingerprint density at radius 2 is 1.43 bits per heavy atom. The molecule has 0 atom stereocenters. The van der Waals surface area contributed by atoms with Crippen molar-refractivity contribution < 1.29 is 26.4 Å². The molecule has 2 aromatic rings. The number of carbonyl (C=O) groups excluding carboxylic acids is 1. The van der Waals surface area contributed by atoms with Crippen LogP contribution in [0.4, 0.5) is 13.2 Å². The molecule has 0 aliphatic carbocycles. The van der Waals surface area contributed by atoms with Crippen molar-refractivity contribution in [2.45, 2.75) is 6.18 Å². The van der Waals surface area contributed by atoms with Gasteiger partial charge in [0.15, 0.2) is 0 Å². The predicted octanol–water partition coefficient (Wildman–Crippen LogP) is 2.00. The van der Waals surface area contributed by atoms with Crippen molar-refractivity contribution in [1.82, 2.24) is 0 Å². The summed E-state index contributed by atoms with van der Waals surface area (Å²) in [7, 11) is 0. The van der Waals surface area contributed by atoms with E-state index >= 15 is 0 Å². The van der Waals surface area contributed by atoms with E-state index in [4.69, 9.17) is 8.46 Å². The van der Waals surface area contributed by atoms with Crippen molar-refractivity contribution in [1.29, 1.82) is 0 Å². The predicted molar refractivity (Wildman–Crippen MR) is 70.1 cm³/mol. The van der Waals surface area contributed by atoms with Crippen molar-refractivity contribution in [3.05, 3.63) is 48.5 Å². The summed E-state index contributed by atoms with van der Waals surface area (Å²) in [5.74, 6) is -1.29. The van der Waals surface area contributed by atoms with Crippen LogP contribution in [-0.4, -0.2) is 27.1 Å². The molecule has 3 rings (SSSR count). The van der Waals surface area contributed by atoms with E-state index in [2.05, 4.69) is 0 Å². The minimum absolute atomic E-state index is 0.436. The van der Waals surface area contributed by atoms with E-state index in [1.165, 1.54) is 0 Å². The maximum atomic E-state index is 12.5. The minimum atomic E-state index is -5.00. The normalized spacial score (nSPS) is 13.9. The van der Waals surface area contributed by atoms with Gasteiger partial charge in [0.2, 0.25) is 0 Å². The Labute approximate surface area is 122 Å². The standard InChI is InChI=1S/C14H8AsF3O3/c16-14(17,18)13(19)21-15-9-5-1-3-7-11(9)20-12-8-4-2-6-10(12)15/h1-8H. The topological polar surface area (TPSA) is 35.5 Å². The molecule has 3 nitrogen and oxygen atoms in total. The monoisotopic (exact) mass is 356 g/mol. The zero-order chi connectivity index (χ0) is 15.0. The fourth-order valence-corrected chi connectivity index (χ4v) is 5.70. The molecule has 0 radical (unpaired) electrons. The van der Waals surface area contributed by atoms with Gasteiger partial charge in [0.1, 0.15) is 0 Å². The summed E-state index contributed by atoms with van der Waals surface area (Å²) in [6.45, 7) is 0. The number of benzene rings is 2. The molecule has 0 fully saturated rings. The summed E-state index contributed by atoms with van der Waals surface area (Å²) < 4.78 is 48.9. The Hall–Kier alpha value is -1.94. The van der Waals surface area contributed by atoms with Crippen LogP contribution in [0, 0.1) is 0 Å². The van der Waals surface area contributed by atoms with Gasteiger partial charge in [0, 0.05) is 0 Å². The van der Waals surface area contributed by atoms with E-state index in [-0.39, 0.29) is 0 Å². The van der Waals surface area contributed by atoms with Gasteiger partial charge in [0.05, 0.1) is 0 Å². The van der Waals surface area contributed by atoms with Crippen molar-refractivity contribution >= 4 is 29.7 Å². The number of hydrogen-bond acceptors (Lipinski definition) is 3. The molecule has 0 amide bonds. The average Bonchev–Trinajstić information content (AvgIpc) is 2.46. The van der Waals surface area contributed by atoms with Gasteiger partial charge in [0.25, 0.3) is 0 Å². The van der Waals surface area contributed by atoms with Gasteiger partial charge in [-0.25, -0.2) is 0 Å². The fourth-order valence-electron chi connectivity index (χ4n) is 1.90. The molecule has 0 aromatic heterocycles. The van der Waals surface area contributed by atoms with Crippen LogP contribution in [0.15, 0.2) is 48.5 Å². The third-order valence-corrected chi connectivity index (χ3v) is 6.91. The summed E-state index contributed by atoms with van der Waals surface area (Å²) >= 11 is -2.86. The van der Waals surface area contributed by atoms with Crippen LogP contribution in [0.25, 0.3) is 0 Å². The van der Waals surface area contributed by atoms with Crippen LogP contribution in [0.3, 0.4) is 0 Å². The van der Waals surface area contributed by atoms with Gasteiger partial charge in [-0.05, 0) is 0 Å². The number of fused-ring (bicyclic) bond motifs is 2. The molecule has 0 saturated carbocycles. The summed E-state index contributed by atoms with van der Waals surface area (Å²) in [5, 5.41) is 0. The number of para-hydroxylation sites is 2. The Morgan fingerprint density at radius 3 is 1.90 bits per heavy atom. The van der Waals surface area contributed by atoms with Gasteiger partial charge in [-0.15, -0.1) is 0 Å². The number of halogens is 3. The van der Waals surface area contributed by atoms with Crippen molar-refractivity contribution in [3.63, 3.8) is 0 Å². The number of alkyl halides is 3. The average molecular weight is 356 g/mol. The first-order valence-electron chi connectivity index (χ1n) is 5.92. The third kappa shape index (κ3) is 2.63. The molecule has 2 aromatic carbocycles. The summed E-state index contributed by atoms with van der Waals surface area (Å²) in [5.41, 5.74) is 0. The maximum absolute atomic E-state index is 12.5. The molecule has 21 heavy (non-hydrogen) atoms. The van der Waals surface area contributed by atoms with Crippen LogP contribution >= 0.6 is 0 Å². The second-order valence-electron chi connectivity index (χ2n) is 4.21. The van der Waals surface area contributed by atoms with Crippen molar-refractivity contribution in [2.75, 3.05) is 0 Å². The second kappa shape index (κ2) is 5.11. The number of ether oxygens (including phenoxy) is 1. The van der Waals surface area contributed by atoms with Gasteiger partial charge in [-0.1, -0.05) is 0 Å². The molecule has 0 saturated heterocycles. The summed E-state index contributed by atoms with van der Waals surface area (Å²) in [6.07, 6.45) is -5.00. The van der Waals surface area contributed by atoms with E-state index in [1.807, 2.05) is 0 Å². The zero-order valence-electron chi connectivity index (χ0n) is 10.4. The van der Waals surface area contributed by atoms with E-state index in [0.29, 0.717) is 20.2 Å². The molecule has 7 heteroatoms. The molecule has 108 valence electrons. The van der Waals surface area contributed by atoms with Gasteiger partial charge in [-0.2, -0.15) is 0 Å². The molecular formula is C14H8AsF3O3. The van der Waals surface area contributed by atoms with Crippen molar-refractivity contribution in [3.8, 4) is 11.5 Å². The summed E-state index contributed by atoms with van der Waals surface area (Å²) in [4.78, 5) is 11.2. The van der Waals surface area contributed by atoms with Crippen LogP contribution in [0.5, 0.6) is 11.5 Å². The van der Waals surface area contributed by atoms with Crippen molar-refractivity contribution in [2.24, 2.45) is 0 Å². The first-order chi connectivity index (χ1) is 9.97. The van der Waals surface area contributed by atoms with Gasteiger partial charge >= 0.3 is 122 Å². The van der Waals surface area contributed by atoms with Gasteiger partial charge in [-0.3, -0.25) is 0 Å². The van der Waals surface area contributed by atoms with E-state index in [1.54, 1.807) is 48.5 Å². The molecule has 0 N–H and O–H groups in total.